The molecule has 0 amide bonds. The maximum absolute atomic E-state index is 11.1. The van der Waals surface area contributed by atoms with Gasteiger partial charge in [-0.3, -0.25) is 4.98 Å². The first-order valence-corrected chi connectivity index (χ1v) is 6.78. The molecule has 21 heavy (non-hydrogen) atoms. The van der Waals surface area contributed by atoms with Crippen molar-refractivity contribution in [1.29, 1.82) is 0 Å². The third kappa shape index (κ3) is 2.05. The minimum atomic E-state index is -1.10. The first-order chi connectivity index (χ1) is 10.2. The van der Waals surface area contributed by atoms with Crippen molar-refractivity contribution < 1.29 is 9.90 Å². The Labute approximate surface area is 120 Å². The summed E-state index contributed by atoms with van der Waals surface area (Å²) in [5.74, 6) is -0.202. The molecule has 0 aliphatic heterocycles. The van der Waals surface area contributed by atoms with E-state index < -0.39 is 5.97 Å². The van der Waals surface area contributed by atoms with E-state index in [1.54, 1.807) is 10.9 Å². The first kappa shape index (κ1) is 12.0. The van der Waals surface area contributed by atoms with Gasteiger partial charge in [0.1, 0.15) is 5.82 Å². The van der Waals surface area contributed by atoms with E-state index in [9.17, 15) is 4.79 Å². The summed E-state index contributed by atoms with van der Waals surface area (Å²) < 4.78 is 1.65. The van der Waals surface area contributed by atoms with Crippen LogP contribution in [0.25, 0.3) is 16.6 Å². The van der Waals surface area contributed by atoms with Crippen LogP contribution in [0, 0.1) is 0 Å². The molecule has 0 radical (unpaired) electrons. The van der Waals surface area contributed by atoms with Crippen molar-refractivity contribution >= 4 is 16.9 Å². The molecule has 1 fully saturated rings. The standard InChI is InChI=1S/C15H12N4O2/c20-15(21)13-17-14(9-3-4-9)19(18-13)11-5-6-12-10(8-11)2-1-7-16-12/h1-2,5-9H,3-4H2,(H,20,21). The lowest BCUT2D eigenvalue weighted by Gasteiger charge is -2.06. The molecule has 0 spiro atoms. The number of fused-ring (bicyclic) bond motifs is 1. The number of hydrogen-bond donors (Lipinski definition) is 1. The van der Waals surface area contributed by atoms with E-state index in [2.05, 4.69) is 15.1 Å². The highest BCUT2D eigenvalue weighted by Gasteiger charge is 2.31. The Balaban J connectivity index is 1.88. The highest BCUT2D eigenvalue weighted by Crippen LogP contribution is 2.39. The Morgan fingerprint density at radius 3 is 2.90 bits per heavy atom. The van der Waals surface area contributed by atoms with Crippen molar-refractivity contribution in [2.24, 2.45) is 0 Å². The van der Waals surface area contributed by atoms with Gasteiger partial charge in [-0.2, -0.15) is 0 Å². The topological polar surface area (TPSA) is 80.9 Å². The van der Waals surface area contributed by atoms with Gasteiger partial charge < -0.3 is 5.11 Å². The van der Waals surface area contributed by atoms with Crippen molar-refractivity contribution in [1.82, 2.24) is 19.7 Å². The Morgan fingerprint density at radius 2 is 2.14 bits per heavy atom. The SMILES string of the molecule is O=C(O)c1nc(C2CC2)n(-c2ccc3ncccc3c2)n1. The number of pyridine rings is 1. The molecule has 1 saturated carbocycles. The van der Waals surface area contributed by atoms with Crippen LogP contribution in [0.1, 0.15) is 35.2 Å². The fourth-order valence-corrected chi connectivity index (χ4v) is 2.41. The summed E-state index contributed by atoms with van der Waals surface area (Å²) in [6.07, 6.45) is 3.81. The Kier molecular flexibility index (Phi) is 2.50. The highest BCUT2D eigenvalue weighted by molar-refractivity contribution is 5.83. The first-order valence-electron chi connectivity index (χ1n) is 6.78. The lowest BCUT2D eigenvalue weighted by atomic mass is 10.2. The van der Waals surface area contributed by atoms with E-state index >= 15 is 0 Å². The molecule has 1 aliphatic carbocycles. The number of carboxylic acid groups (broad SMARTS) is 1. The number of rotatable bonds is 3. The Morgan fingerprint density at radius 1 is 1.29 bits per heavy atom. The molecule has 3 aromatic rings. The van der Waals surface area contributed by atoms with E-state index in [4.69, 9.17) is 5.11 Å². The Bertz CT molecular complexity index is 852. The van der Waals surface area contributed by atoms with Crippen molar-refractivity contribution in [3.05, 3.63) is 48.2 Å². The summed E-state index contributed by atoms with van der Waals surface area (Å²) >= 11 is 0. The van der Waals surface area contributed by atoms with Crippen LogP contribution in [-0.4, -0.2) is 30.8 Å². The van der Waals surface area contributed by atoms with Crippen molar-refractivity contribution in [3.8, 4) is 5.69 Å². The van der Waals surface area contributed by atoms with Gasteiger partial charge in [-0.25, -0.2) is 14.5 Å². The second-order valence-corrected chi connectivity index (χ2v) is 5.17. The molecule has 0 unspecified atom stereocenters. The zero-order chi connectivity index (χ0) is 14.4. The fourth-order valence-electron chi connectivity index (χ4n) is 2.41. The molecule has 6 nitrogen and oxygen atoms in total. The number of aromatic carboxylic acids is 1. The summed E-state index contributed by atoms with van der Waals surface area (Å²) in [5.41, 5.74) is 1.71. The molecule has 6 heteroatoms. The van der Waals surface area contributed by atoms with E-state index in [-0.39, 0.29) is 5.82 Å². The van der Waals surface area contributed by atoms with Gasteiger partial charge in [-0.15, -0.1) is 5.10 Å². The van der Waals surface area contributed by atoms with E-state index in [0.29, 0.717) is 5.92 Å². The highest BCUT2D eigenvalue weighted by atomic mass is 16.4. The average molecular weight is 280 g/mol. The molecule has 0 atom stereocenters. The molecule has 0 bridgehead atoms. The summed E-state index contributed by atoms with van der Waals surface area (Å²) in [5, 5.41) is 14.2. The average Bonchev–Trinajstić information content (AvgIpc) is 3.25. The molecule has 2 heterocycles. The second kappa shape index (κ2) is 4.37. The molecular formula is C15H12N4O2. The van der Waals surface area contributed by atoms with Gasteiger partial charge in [0.15, 0.2) is 0 Å². The smallest absolute Gasteiger partial charge is 0.375 e. The van der Waals surface area contributed by atoms with Gasteiger partial charge >= 0.3 is 5.97 Å². The second-order valence-electron chi connectivity index (χ2n) is 5.17. The van der Waals surface area contributed by atoms with Crippen LogP contribution >= 0.6 is 0 Å². The molecule has 0 saturated heterocycles. The van der Waals surface area contributed by atoms with Crippen LogP contribution < -0.4 is 0 Å². The van der Waals surface area contributed by atoms with E-state index in [1.807, 2.05) is 30.3 Å². The number of benzene rings is 1. The predicted molar refractivity (Wildman–Crippen MR) is 75.6 cm³/mol. The number of aromatic nitrogens is 4. The predicted octanol–water partition coefficient (Wildman–Crippen LogP) is 2.39. The zero-order valence-corrected chi connectivity index (χ0v) is 11.1. The molecule has 2 aromatic heterocycles. The van der Waals surface area contributed by atoms with Crippen molar-refractivity contribution in [2.75, 3.05) is 0 Å². The lowest BCUT2D eigenvalue weighted by molar-refractivity contribution is 0.0683. The summed E-state index contributed by atoms with van der Waals surface area (Å²) in [7, 11) is 0. The van der Waals surface area contributed by atoms with Gasteiger partial charge in [0.2, 0.25) is 0 Å². The number of hydrogen-bond acceptors (Lipinski definition) is 4. The van der Waals surface area contributed by atoms with Crippen molar-refractivity contribution in [3.63, 3.8) is 0 Å². The fraction of sp³-hybridized carbons (Fsp3) is 0.200. The van der Waals surface area contributed by atoms with Gasteiger partial charge in [0.25, 0.3) is 5.82 Å². The van der Waals surface area contributed by atoms with Gasteiger partial charge in [0, 0.05) is 17.5 Å². The lowest BCUT2D eigenvalue weighted by Crippen LogP contribution is -2.03. The number of carbonyl (C=O) groups is 1. The summed E-state index contributed by atoms with van der Waals surface area (Å²) in [6.45, 7) is 0. The monoisotopic (exact) mass is 280 g/mol. The van der Waals surface area contributed by atoms with Crippen LogP contribution in [0.15, 0.2) is 36.5 Å². The summed E-state index contributed by atoms with van der Waals surface area (Å²) in [4.78, 5) is 19.5. The molecule has 1 aliphatic rings. The third-order valence-electron chi connectivity index (χ3n) is 3.60. The molecule has 1 aromatic carbocycles. The van der Waals surface area contributed by atoms with E-state index in [1.165, 1.54) is 0 Å². The third-order valence-corrected chi connectivity index (χ3v) is 3.60. The van der Waals surface area contributed by atoms with Gasteiger partial charge in [0.05, 0.1) is 11.2 Å². The zero-order valence-electron chi connectivity index (χ0n) is 11.1. The normalized spacial score (nSPS) is 14.5. The maximum atomic E-state index is 11.1. The van der Waals surface area contributed by atoms with Crippen LogP contribution in [0.5, 0.6) is 0 Å². The quantitative estimate of drug-likeness (QED) is 0.796. The largest absolute Gasteiger partial charge is 0.475 e. The van der Waals surface area contributed by atoms with Crippen LogP contribution in [0.2, 0.25) is 0 Å². The molecular weight excluding hydrogens is 268 g/mol. The number of carboxylic acids is 1. The number of nitrogens with zero attached hydrogens (tertiary/aromatic N) is 4. The van der Waals surface area contributed by atoms with Crippen LogP contribution in [0.4, 0.5) is 0 Å². The minimum Gasteiger partial charge on any atom is -0.475 e. The van der Waals surface area contributed by atoms with Gasteiger partial charge in [-0.1, -0.05) is 6.07 Å². The molecule has 1 N–H and O–H groups in total. The van der Waals surface area contributed by atoms with Crippen LogP contribution in [0.3, 0.4) is 0 Å². The van der Waals surface area contributed by atoms with Crippen molar-refractivity contribution in [2.45, 2.75) is 18.8 Å². The molecule has 4 rings (SSSR count). The minimum absolute atomic E-state index is 0.150. The Hall–Kier alpha value is -2.76. The van der Waals surface area contributed by atoms with Crippen LogP contribution in [-0.2, 0) is 0 Å². The summed E-state index contributed by atoms with van der Waals surface area (Å²) in [6, 6.07) is 9.59. The van der Waals surface area contributed by atoms with E-state index in [0.717, 1.165) is 35.3 Å². The molecule has 104 valence electrons. The van der Waals surface area contributed by atoms with Gasteiger partial charge in [-0.05, 0) is 37.1 Å². The maximum Gasteiger partial charge on any atom is 0.375 e.